The highest BCUT2D eigenvalue weighted by Crippen LogP contribution is 2.49. The van der Waals surface area contributed by atoms with E-state index in [-0.39, 0.29) is 11.7 Å². The molecule has 0 amide bonds. The van der Waals surface area contributed by atoms with Gasteiger partial charge in [0.2, 0.25) is 0 Å². The van der Waals surface area contributed by atoms with Crippen molar-refractivity contribution in [3.8, 4) is 0 Å². The molecule has 1 heterocycles. The molecular formula is C18H14ClNO. The second kappa shape index (κ2) is 4.74. The number of nitrogens with one attached hydrogen (secondary N) is 1. The fourth-order valence-electron chi connectivity index (χ4n) is 3.05. The summed E-state index contributed by atoms with van der Waals surface area (Å²) in [6, 6.07) is 15.9. The third-order valence-corrected chi connectivity index (χ3v) is 4.50. The van der Waals surface area contributed by atoms with Gasteiger partial charge in [-0.1, -0.05) is 41.9 Å². The van der Waals surface area contributed by atoms with Gasteiger partial charge in [0.05, 0.1) is 0 Å². The summed E-state index contributed by atoms with van der Waals surface area (Å²) in [5, 5.41) is 1.58. The van der Waals surface area contributed by atoms with Crippen LogP contribution in [0.1, 0.15) is 28.3 Å². The predicted octanol–water partition coefficient (Wildman–Crippen LogP) is 4.81. The van der Waals surface area contributed by atoms with Crippen molar-refractivity contribution in [2.75, 3.05) is 0 Å². The van der Waals surface area contributed by atoms with E-state index in [0.29, 0.717) is 10.9 Å². The molecule has 3 heteroatoms. The lowest BCUT2D eigenvalue weighted by atomic mass is 10.0. The van der Waals surface area contributed by atoms with Gasteiger partial charge in [-0.3, -0.25) is 4.79 Å². The van der Waals surface area contributed by atoms with Gasteiger partial charge < -0.3 is 4.98 Å². The minimum absolute atomic E-state index is 0.102. The Hall–Kier alpha value is -2.06. The quantitative estimate of drug-likeness (QED) is 0.691. The summed E-state index contributed by atoms with van der Waals surface area (Å²) in [6.07, 6.45) is 2.75. The number of H-pyrrole nitrogens is 1. The van der Waals surface area contributed by atoms with Crippen molar-refractivity contribution in [1.29, 1.82) is 0 Å². The molecule has 1 N–H and O–H groups in total. The van der Waals surface area contributed by atoms with E-state index < -0.39 is 0 Å². The highest BCUT2D eigenvalue weighted by atomic mass is 35.5. The van der Waals surface area contributed by atoms with Crippen LogP contribution >= 0.6 is 11.6 Å². The van der Waals surface area contributed by atoms with Gasteiger partial charge in [0.25, 0.3) is 0 Å². The van der Waals surface area contributed by atoms with Gasteiger partial charge in [-0.25, -0.2) is 0 Å². The van der Waals surface area contributed by atoms with Crippen molar-refractivity contribution in [1.82, 2.24) is 4.98 Å². The summed E-state index contributed by atoms with van der Waals surface area (Å²) in [4.78, 5) is 15.9. The summed E-state index contributed by atoms with van der Waals surface area (Å²) in [7, 11) is 0. The fraction of sp³-hybridized carbons (Fsp3) is 0.167. The van der Waals surface area contributed by atoms with Crippen molar-refractivity contribution >= 4 is 28.3 Å². The van der Waals surface area contributed by atoms with Gasteiger partial charge in [0, 0.05) is 33.6 Å². The van der Waals surface area contributed by atoms with Gasteiger partial charge >= 0.3 is 0 Å². The third-order valence-electron chi connectivity index (χ3n) is 4.26. The van der Waals surface area contributed by atoms with E-state index in [1.54, 1.807) is 0 Å². The van der Waals surface area contributed by atoms with Crippen LogP contribution in [0.3, 0.4) is 0 Å². The second-order valence-corrected chi connectivity index (χ2v) is 6.05. The molecule has 1 aliphatic carbocycles. The van der Waals surface area contributed by atoms with E-state index in [1.807, 2.05) is 42.6 Å². The first-order valence-corrected chi connectivity index (χ1v) is 7.47. The number of hydrogen-bond donors (Lipinski definition) is 1. The van der Waals surface area contributed by atoms with Gasteiger partial charge in [0.15, 0.2) is 5.78 Å². The lowest BCUT2D eigenvalue weighted by Crippen LogP contribution is -2.02. The summed E-state index contributed by atoms with van der Waals surface area (Å²) in [6.45, 7) is 0. The lowest BCUT2D eigenvalue weighted by molar-refractivity contribution is 0.0967. The summed E-state index contributed by atoms with van der Waals surface area (Å²) < 4.78 is 0. The Bertz CT molecular complexity index is 822. The van der Waals surface area contributed by atoms with Gasteiger partial charge in [-0.2, -0.15) is 0 Å². The number of carbonyl (C=O) groups excluding carboxylic acids is 1. The largest absolute Gasteiger partial charge is 0.360 e. The summed E-state index contributed by atoms with van der Waals surface area (Å²) in [5.74, 6) is 0.686. The number of carbonyl (C=O) groups is 1. The van der Waals surface area contributed by atoms with Crippen molar-refractivity contribution in [3.63, 3.8) is 0 Å². The lowest BCUT2D eigenvalue weighted by Gasteiger charge is -2.00. The smallest absolute Gasteiger partial charge is 0.168 e. The Balaban J connectivity index is 1.65. The van der Waals surface area contributed by atoms with E-state index in [4.69, 9.17) is 11.6 Å². The molecule has 2 aromatic carbocycles. The summed E-state index contributed by atoms with van der Waals surface area (Å²) in [5.41, 5.74) is 2.98. The molecule has 1 fully saturated rings. The van der Waals surface area contributed by atoms with Crippen molar-refractivity contribution in [2.45, 2.75) is 12.3 Å². The molecular weight excluding hydrogens is 282 g/mol. The summed E-state index contributed by atoms with van der Waals surface area (Å²) >= 11 is 6.05. The molecule has 2 nitrogen and oxygen atoms in total. The number of aromatic amines is 1. The minimum atomic E-state index is 0.102. The van der Waals surface area contributed by atoms with Crippen LogP contribution in [0.2, 0.25) is 5.02 Å². The molecule has 0 radical (unpaired) electrons. The third kappa shape index (κ3) is 2.16. The molecule has 1 saturated carbocycles. The topological polar surface area (TPSA) is 32.9 Å². The number of benzene rings is 2. The molecule has 104 valence electrons. The zero-order valence-corrected chi connectivity index (χ0v) is 12.1. The Kier molecular flexibility index (Phi) is 2.86. The molecule has 2 atom stereocenters. The highest BCUT2D eigenvalue weighted by Gasteiger charge is 2.44. The predicted molar refractivity (Wildman–Crippen MR) is 84.9 cm³/mol. The zero-order chi connectivity index (χ0) is 14.4. The van der Waals surface area contributed by atoms with E-state index in [1.165, 1.54) is 5.56 Å². The molecule has 2 unspecified atom stereocenters. The molecule has 3 aromatic rings. The Labute approximate surface area is 127 Å². The van der Waals surface area contributed by atoms with Crippen LogP contribution in [-0.2, 0) is 0 Å². The molecule has 21 heavy (non-hydrogen) atoms. The van der Waals surface area contributed by atoms with Crippen LogP contribution in [0.15, 0.2) is 54.7 Å². The van der Waals surface area contributed by atoms with Crippen LogP contribution < -0.4 is 0 Å². The van der Waals surface area contributed by atoms with Crippen molar-refractivity contribution < 1.29 is 4.79 Å². The first-order valence-electron chi connectivity index (χ1n) is 7.10. The molecule has 0 aliphatic heterocycles. The Morgan fingerprint density at radius 1 is 1.14 bits per heavy atom. The Morgan fingerprint density at radius 2 is 1.95 bits per heavy atom. The molecule has 1 aromatic heterocycles. The number of aromatic nitrogens is 1. The van der Waals surface area contributed by atoms with Crippen LogP contribution in [0.25, 0.3) is 10.9 Å². The van der Waals surface area contributed by atoms with Crippen molar-refractivity contribution in [2.24, 2.45) is 5.92 Å². The number of hydrogen-bond acceptors (Lipinski definition) is 1. The average Bonchev–Trinajstić information content (AvgIpc) is 3.21. The van der Waals surface area contributed by atoms with Gasteiger partial charge in [-0.15, -0.1) is 0 Å². The fourth-order valence-corrected chi connectivity index (χ4v) is 3.22. The normalized spacial score (nSPS) is 20.6. The first-order chi connectivity index (χ1) is 10.2. The SMILES string of the molecule is O=C(c1c[nH]c2ccc(Cl)cc12)C1CC1c1ccccc1. The molecule has 0 saturated heterocycles. The maximum atomic E-state index is 12.7. The molecule has 0 bridgehead atoms. The maximum absolute atomic E-state index is 12.7. The van der Waals surface area contributed by atoms with Crippen LogP contribution in [0.4, 0.5) is 0 Å². The van der Waals surface area contributed by atoms with E-state index in [2.05, 4.69) is 17.1 Å². The molecule has 4 rings (SSSR count). The van der Waals surface area contributed by atoms with Gasteiger partial charge in [-0.05, 0) is 36.1 Å². The number of ketones is 1. The number of fused-ring (bicyclic) bond motifs is 1. The molecule has 1 aliphatic rings. The molecule has 0 spiro atoms. The van der Waals surface area contributed by atoms with Gasteiger partial charge in [0.1, 0.15) is 0 Å². The minimum Gasteiger partial charge on any atom is -0.360 e. The second-order valence-electron chi connectivity index (χ2n) is 5.62. The highest BCUT2D eigenvalue weighted by molar-refractivity contribution is 6.31. The number of Topliss-reactive ketones (excluding diaryl/α,β-unsaturated/α-hetero) is 1. The number of rotatable bonds is 3. The standard InChI is InChI=1S/C18H14ClNO/c19-12-6-7-17-14(8-12)16(10-20-17)18(21)15-9-13(15)11-4-2-1-3-5-11/h1-8,10,13,15,20H,9H2. The van der Waals surface area contributed by atoms with Crippen LogP contribution in [0, 0.1) is 5.92 Å². The van der Waals surface area contributed by atoms with Crippen LogP contribution in [0.5, 0.6) is 0 Å². The number of halogens is 1. The average molecular weight is 296 g/mol. The van der Waals surface area contributed by atoms with Crippen molar-refractivity contribution in [3.05, 3.63) is 70.9 Å². The first kappa shape index (κ1) is 12.7. The zero-order valence-electron chi connectivity index (χ0n) is 11.3. The Morgan fingerprint density at radius 3 is 2.76 bits per heavy atom. The van der Waals surface area contributed by atoms with Crippen LogP contribution in [-0.4, -0.2) is 10.8 Å². The van der Waals surface area contributed by atoms with E-state index in [9.17, 15) is 4.79 Å². The van der Waals surface area contributed by atoms with E-state index >= 15 is 0 Å². The maximum Gasteiger partial charge on any atom is 0.168 e. The monoisotopic (exact) mass is 295 g/mol. The van der Waals surface area contributed by atoms with E-state index in [0.717, 1.165) is 22.9 Å².